The first-order valence-corrected chi connectivity index (χ1v) is 5.22. The molecule has 1 aromatic heterocycles. The van der Waals surface area contributed by atoms with Gasteiger partial charge in [-0.3, -0.25) is 9.48 Å². The SMILES string of the molecule is Cl.Cn1cc(C(=O)N2CCCC2CN)cn1. The van der Waals surface area contributed by atoms with Gasteiger partial charge < -0.3 is 10.6 Å². The molecule has 0 spiro atoms. The Morgan fingerprint density at radius 1 is 1.69 bits per heavy atom. The van der Waals surface area contributed by atoms with Crippen LogP contribution in [0.2, 0.25) is 0 Å². The molecule has 0 aliphatic carbocycles. The van der Waals surface area contributed by atoms with Crippen molar-refractivity contribution in [3.8, 4) is 0 Å². The molecule has 0 aromatic carbocycles. The number of amides is 1. The molecule has 5 nitrogen and oxygen atoms in total. The number of hydrogen-bond acceptors (Lipinski definition) is 3. The molecule has 1 saturated heterocycles. The molecule has 16 heavy (non-hydrogen) atoms. The van der Waals surface area contributed by atoms with Crippen LogP contribution in [-0.2, 0) is 7.05 Å². The van der Waals surface area contributed by atoms with Gasteiger partial charge >= 0.3 is 0 Å². The highest BCUT2D eigenvalue weighted by Crippen LogP contribution is 2.18. The molecule has 1 fully saturated rings. The van der Waals surface area contributed by atoms with E-state index in [9.17, 15) is 4.79 Å². The Balaban J connectivity index is 0.00000128. The highest BCUT2D eigenvalue weighted by molar-refractivity contribution is 5.94. The van der Waals surface area contributed by atoms with Gasteiger partial charge in [-0.15, -0.1) is 12.4 Å². The van der Waals surface area contributed by atoms with E-state index in [1.807, 2.05) is 4.90 Å². The maximum absolute atomic E-state index is 12.0. The van der Waals surface area contributed by atoms with Crippen LogP contribution in [0.4, 0.5) is 0 Å². The minimum absolute atomic E-state index is 0. The lowest BCUT2D eigenvalue weighted by atomic mass is 10.2. The van der Waals surface area contributed by atoms with Crippen molar-refractivity contribution in [1.29, 1.82) is 0 Å². The van der Waals surface area contributed by atoms with Crippen molar-refractivity contribution in [2.45, 2.75) is 18.9 Å². The monoisotopic (exact) mass is 244 g/mol. The Morgan fingerprint density at radius 3 is 3.00 bits per heavy atom. The van der Waals surface area contributed by atoms with E-state index in [2.05, 4.69) is 5.10 Å². The van der Waals surface area contributed by atoms with Crippen LogP contribution in [0.15, 0.2) is 12.4 Å². The van der Waals surface area contributed by atoms with Crippen LogP contribution in [0.5, 0.6) is 0 Å². The Kier molecular flexibility index (Phi) is 4.32. The number of aromatic nitrogens is 2. The summed E-state index contributed by atoms with van der Waals surface area (Å²) in [5.41, 5.74) is 6.28. The summed E-state index contributed by atoms with van der Waals surface area (Å²) in [4.78, 5) is 13.9. The van der Waals surface area contributed by atoms with Crippen LogP contribution in [0, 0.1) is 0 Å². The van der Waals surface area contributed by atoms with E-state index >= 15 is 0 Å². The maximum Gasteiger partial charge on any atom is 0.257 e. The van der Waals surface area contributed by atoms with Crippen LogP contribution in [0.25, 0.3) is 0 Å². The number of hydrogen-bond donors (Lipinski definition) is 1. The third kappa shape index (κ3) is 2.36. The number of carbonyl (C=O) groups is 1. The molecule has 2 N–H and O–H groups in total. The first kappa shape index (κ1) is 13.0. The average Bonchev–Trinajstić information content (AvgIpc) is 2.84. The lowest BCUT2D eigenvalue weighted by Crippen LogP contribution is -2.39. The smallest absolute Gasteiger partial charge is 0.257 e. The number of nitrogens with zero attached hydrogens (tertiary/aromatic N) is 3. The zero-order chi connectivity index (χ0) is 10.8. The highest BCUT2D eigenvalue weighted by atomic mass is 35.5. The predicted octanol–water partition coefficient (Wildman–Crippen LogP) is 0.405. The van der Waals surface area contributed by atoms with Crippen molar-refractivity contribution >= 4 is 18.3 Å². The zero-order valence-corrected chi connectivity index (χ0v) is 10.1. The number of rotatable bonds is 2. The molecule has 1 aromatic rings. The van der Waals surface area contributed by atoms with E-state index in [0.29, 0.717) is 12.1 Å². The molecule has 6 heteroatoms. The van der Waals surface area contributed by atoms with Crippen LogP contribution >= 0.6 is 12.4 Å². The van der Waals surface area contributed by atoms with Crippen molar-refractivity contribution in [2.75, 3.05) is 13.1 Å². The highest BCUT2D eigenvalue weighted by Gasteiger charge is 2.28. The van der Waals surface area contributed by atoms with Crippen LogP contribution in [0.1, 0.15) is 23.2 Å². The number of halogens is 1. The Hall–Kier alpha value is -1.07. The van der Waals surface area contributed by atoms with E-state index in [4.69, 9.17) is 5.73 Å². The minimum atomic E-state index is 0. The zero-order valence-electron chi connectivity index (χ0n) is 9.30. The predicted molar refractivity (Wildman–Crippen MR) is 63.6 cm³/mol. The normalized spacial score (nSPS) is 19.6. The number of aryl methyl sites for hydroxylation is 1. The molecule has 2 heterocycles. The van der Waals surface area contributed by atoms with Crippen molar-refractivity contribution in [3.05, 3.63) is 18.0 Å². The van der Waals surface area contributed by atoms with Crippen molar-refractivity contribution in [1.82, 2.24) is 14.7 Å². The molecule has 1 aliphatic heterocycles. The summed E-state index contributed by atoms with van der Waals surface area (Å²) in [6.45, 7) is 1.36. The lowest BCUT2D eigenvalue weighted by Gasteiger charge is -2.22. The lowest BCUT2D eigenvalue weighted by molar-refractivity contribution is 0.0741. The van der Waals surface area contributed by atoms with Crippen LogP contribution in [-0.4, -0.2) is 39.7 Å². The first-order valence-electron chi connectivity index (χ1n) is 5.22. The van der Waals surface area contributed by atoms with Gasteiger partial charge in [-0.1, -0.05) is 0 Å². The number of nitrogens with two attached hydrogens (primary N) is 1. The molecule has 2 rings (SSSR count). The molecular weight excluding hydrogens is 228 g/mol. The summed E-state index contributed by atoms with van der Waals surface area (Å²) in [6.07, 6.45) is 5.42. The van der Waals surface area contributed by atoms with E-state index in [1.54, 1.807) is 24.1 Å². The largest absolute Gasteiger partial charge is 0.334 e. The van der Waals surface area contributed by atoms with Gasteiger partial charge in [0.2, 0.25) is 0 Å². The van der Waals surface area contributed by atoms with Gasteiger partial charge in [0.15, 0.2) is 0 Å². The molecule has 0 saturated carbocycles. The van der Waals surface area contributed by atoms with Gasteiger partial charge in [-0.2, -0.15) is 5.10 Å². The van der Waals surface area contributed by atoms with Gasteiger partial charge in [0, 0.05) is 32.4 Å². The Morgan fingerprint density at radius 2 is 2.44 bits per heavy atom. The van der Waals surface area contributed by atoms with Gasteiger partial charge in [-0.25, -0.2) is 0 Å². The summed E-state index contributed by atoms with van der Waals surface area (Å²) in [6, 6.07) is 0.206. The van der Waals surface area contributed by atoms with E-state index in [-0.39, 0.29) is 24.4 Å². The van der Waals surface area contributed by atoms with Crippen LogP contribution in [0.3, 0.4) is 0 Å². The van der Waals surface area contributed by atoms with Crippen LogP contribution < -0.4 is 5.73 Å². The van der Waals surface area contributed by atoms with Gasteiger partial charge in [0.1, 0.15) is 0 Å². The summed E-state index contributed by atoms with van der Waals surface area (Å²) in [5.74, 6) is 0.0519. The number of likely N-dealkylation sites (tertiary alicyclic amines) is 1. The Labute approximate surface area is 101 Å². The van der Waals surface area contributed by atoms with Crippen molar-refractivity contribution in [2.24, 2.45) is 12.8 Å². The fourth-order valence-electron chi connectivity index (χ4n) is 2.05. The van der Waals surface area contributed by atoms with E-state index in [1.165, 1.54) is 0 Å². The quantitative estimate of drug-likeness (QED) is 0.820. The third-order valence-corrected chi connectivity index (χ3v) is 2.86. The van der Waals surface area contributed by atoms with Gasteiger partial charge in [-0.05, 0) is 12.8 Å². The molecule has 90 valence electrons. The maximum atomic E-state index is 12.0. The average molecular weight is 245 g/mol. The molecule has 1 aliphatic rings. The third-order valence-electron chi connectivity index (χ3n) is 2.86. The minimum Gasteiger partial charge on any atom is -0.334 e. The molecule has 1 unspecified atom stereocenters. The fraction of sp³-hybridized carbons (Fsp3) is 0.600. The van der Waals surface area contributed by atoms with E-state index in [0.717, 1.165) is 19.4 Å². The second kappa shape index (κ2) is 5.32. The first-order chi connectivity index (χ1) is 7.22. The topological polar surface area (TPSA) is 64.2 Å². The van der Waals surface area contributed by atoms with E-state index < -0.39 is 0 Å². The standard InChI is InChI=1S/C10H16N4O.ClH/c1-13-7-8(6-12-13)10(15)14-4-2-3-9(14)5-11;/h6-7,9H,2-5,11H2,1H3;1H. The number of carbonyl (C=O) groups excluding carboxylic acids is 1. The van der Waals surface area contributed by atoms with Crippen molar-refractivity contribution < 1.29 is 4.79 Å². The molecular formula is C10H17ClN4O. The molecule has 0 radical (unpaired) electrons. The summed E-state index contributed by atoms with van der Waals surface area (Å²) >= 11 is 0. The second-order valence-electron chi connectivity index (χ2n) is 3.93. The second-order valence-corrected chi connectivity index (χ2v) is 3.93. The molecule has 1 amide bonds. The summed E-state index contributed by atoms with van der Waals surface area (Å²) < 4.78 is 1.64. The Bertz CT molecular complexity index is 365. The van der Waals surface area contributed by atoms with Gasteiger partial charge in [0.05, 0.1) is 11.8 Å². The van der Waals surface area contributed by atoms with Crippen molar-refractivity contribution in [3.63, 3.8) is 0 Å². The summed E-state index contributed by atoms with van der Waals surface area (Å²) in [7, 11) is 1.81. The fourth-order valence-corrected chi connectivity index (χ4v) is 2.05. The summed E-state index contributed by atoms with van der Waals surface area (Å²) in [5, 5.41) is 4.00. The molecule has 1 atom stereocenters. The molecule has 0 bridgehead atoms. The van der Waals surface area contributed by atoms with Gasteiger partial charge in [0.25, 0.3) is 5.91 Å².